The van der Waals surface area contributed by atoms with Gasteiger partial charge in [-0.15, -0.1) is 0 Å². The van der Waals surface area contributed by atoms with Gasteiger partial charge >= 0.3 is 5.97 Å². The summed E-state index contributed by atoms with van der Waals surface area (Å²) in [6.45, 7) is 0.0307. The number of aliphatic carboxylic acids is 1. The summed E-state index contributed by atoms with van der Waals surface area (Å²) < 4.78 is 20.2. The third-order valence-corrected chi connectivity index (χ3v) is 2.50. The highest BCUT2D eigenvalue weighted by Crippen LogP contribution is 2.26. The number of Topliss-reactive ketones (excluding diaryl/α,β-unsaturated/α-hetero) is 1. The first kappa shape index (κ1) is 16.9. The Hall–Kier alpha value is -2.12. The van der Waals surface area contributed by atoms with Crippen LogP contribution in [0.1, 0.15) is 23.2 Å². The molecule has 0 heterocycles. The van der Waals surface area contributed by atoms with Gasteiger partial charge in [0.05, 0.1) is 12.0 Å². The smallest absolute Gasteiger partial charge is 0.303 e. The second kappa shape index (κ2) is 8.93. The summed E-state index contributed by atoms with van der Waals surface area (Å²) in [5.41, 5.74) is 0.290. The van der Waals surface area contributed by atoms with E-state index >= 15 is 0 Å². The molecule has 0 aliphatic heterocycles. The van der Waals surface area contributed by atoms with Crippen molar-refractivity contribution in [2.45, 2.75) is 12.8 Å². The van der Waals surface area contributed by atoms with Crippen molar-refractivity contribution in [3.05, 3.63) is 23.8 Å². The van der Waals surface area contributed by atoms with Crippen LogP contribution in [0, 0.1) is 0 Å². The molecule has 0 saturated carbocycles. The molecule has 1 rings (SSSR count). The minimum absolute atomic E-state index is 0.0348. The molecule has 1 N–H and O–H groups in total. The Balaban J connectivity index is 2.89. The van der Waals surface area contributed by atoms with Crippen molar-refractivity contribution in [3.63, 3.8) is 0 Å². The van der Waals surface area contributed by atoms with Crippen molar-refractivity contribution in [1.29, 1.82) is 0 Å². The highest BCUT2D eigenvalue weighted by atomic mass is 16.7. The minimum Gasteiger partial charge on any atom is -0.481 e. The van der Waals surface area contributed by atoms with E-state index in [1.165, 1.54) is 26.4 Å². The molecule has 0 atom stereocenters. The summed E-state index contributed by atoms with van der Waals surface area (Å²) in [6, 6.07) is 4.65. The van der Waals surface area contributed by atoms with Crippen LogP contribution in [0.4, 0.5) is 0 Å². The lowest BCUT2D eigenvalue weighted by atomic mass is 10.1. The molecule has 0 aromatic heterocycles. The lowest BCUT2D eigenvalue weighted by molar-refractivity contribution is -0.136. The Morgan fingerprint density at radius 1 is 1.05 bits per heavy atom. The highest BCUT2D eigenvalue weighted by molar-refractivity contribution is 6.00. The van der Waals surface area contributed by atoms with Gasteiger partial charge in [-0.05, 0) is 12.1 Å². The van der Waals surface area contributed by atoms with Crippen LogP contribution in [0.3, 0.4) is 0 Å². The SMILES string of the molecule is COCOc1ccc(C(=O)CCC(=O)O)c(OCOC)c1. The number of methoxy groups -OCH3 is 2. The first-order valence-corrected chi connectivity index (χ1v) is 6.21. The Bertz CT molecular complexity index is 484. The molecule has 0 spiro atoms. The van der Waals surface area contributed by atoms with Gasteiger partial charge < -0.3 is 24.1 Å². The van der Waals surface area contributed by atoms with Gasteiger partial charge in [0.25, 0.3) is 0 Å². The molecule has 0 unspecified atom stereocenters. The minimum atomic E-state index is -1.03. The van der Waals surface area contributed by atoms with Crippen LogP contribution in [-0.2, 0) is 14.3 Å². The monoisotopic (exact) mass is 298 g/mol. The fraction of sp³-hybridized carbons (Fsp3) is 0.429. The molecule has 0 bridgehead atoms. The molecule has 7 heteroatoms. The largest absolute Gasteiger partial charge is 0.481 e. The summed E-state index contributed by atoms with van der Waals surface area (Å²) in [5, 5.41) is 8.62. The number of carbonyl (C=O) groups is 2. The molecule has 0 saturated heterocycles. The maximum absolute atomic E-state index is 12.0. The van der Waals surface area contributed by atoms with Gasteiger partial charge in [-0.2, -0.15) is 0 Å². The van der Waals surface area contributed by atoms with E-state index in [1.807, 2.05) is 0 Å². The lowest BCUT2D eigenvalue weighted by Gasteiger charge is -2.12. The Morgan fingerprint density at radius 2 is 1.71 bits per heavy atom. The lowest BCUT2D eigenvalue weighted by Crippen LogP contribution is -2.09. The van der Waals surface area contributed by atoms with Crippen molar-refractivity contribution in [3.8, 4) is 11.5 Å². The Labute approximate surface area is 122 Å². The molecule has 0 radical (unpaired) electrons. The van der Waals surface area contributed by atoms with Gasteiger partial charge in [0.1, 0.15) is 11.5 Å². The average Bonchev–Trinajstić information content (AvgIpc) is 2.48. The van der Waals surface area contributed by atoms with E-state index in [4.69, 9.17) is 24.1 Å². The zero-order chi connectivity index (χ0) is 15.7. The number of ether oxygens (including phenoxy) is 4. The van der Waals surface area contributed by atoms with E-state index in [0.29, 0.717) is 5.75 Å². The third kappa shape index (κ3) is 5.80. The second-order valence-electron chi connectivity index (χ2n) is 4.08. The highest BCUT2D eigenvalue weighted by Gasteiger charge is 2.15. The molecule has 0 amide bonds. The summed E-state index contributed by atoms with van der Waals surface area (Å²) in [4.78, 5) is 22.5. The normalized spacial score (nSPS) is 10.2. The van der Waals surface area contributed by atoms with Crippen molar-refractivity contribution >= 4 is 11.8 Å². The topological polar surface area (TPSA) is 91.3 Å². The maximum Gasteiger partial charge on any atom is 0.303 e. The van der Waals surface area contributed by atoms with Crippen molar-refractivity contribution in [1.82, 2.24) is 0 Å². The zero-order valence-electron chi connectivity index (χ0n) is 12.0. The van der Waals surface area contributed by atoms with Gasteiger partial charge in [-0.3, -0.25) is 9.59 Å². The van der Waals surface area contributed by atoms with Crippen LogP contribution < -0.4 is 9.47 Å². The predicted molar refractivity (Wildman–Crippen MR) is 72.7 cm³/mol. The van der Waals surface area contributed by atoms with Crippen molar-refractivity contribution in [2.75, 3.05) is 27.8 Å². The van der Waals surface area contributed by atoms with Crippen molar-refractivity contribution < 1.29 is 33.6 Å². The van der Waals surface area contributed by atoms with Gasteiger partial charge in [0, 0.05) is 26.7 Å². The standard InChI is InChI=1S/C14H18O7/c1-18-8-20-10-3-4-11(12(15)5-6-14(16)17)13(7-10)21-9-19-2/h3-4,7H,5-6,8-9H2,1-2H3,(H,16,17). The first-order chi connectivity index (χ1) is 10.1. The number of rotatable bonds is 10. The molecular formula is C14H18O7. The fourth-order valence-corrected chi connectivity index (χ4v) is 1.55. The van der Waals surface area contributed by atoms with Crippen LogP contribution in [-0.4, -0.2) is 44.7 Å². The van der Waals surface area contributed by atoms with Crippen LogP contribution in [0.5, 0.6) is 11.5 Å². The van der Waals surface area contributed by atoms with E-state index in [9.17, 15) is 9.59 Å². The number of carbonyl (C=O) groups excluding carboxylic acids is 1. The molecule has 1 aromatic rings. The molecule has 21 heavy (non-hydrogen) atoms. The Morgan fingerprint density at radius 3 is 2.33 bits per heavy atom. The quantitative estimate of drug-likeness (QED) is 0.519. The number of ketones is 1. The molecule has 7 nitrogen and oxygen atoms in total. The van der Waals surface area contributed by atoms with Gasteiger partial charge in [-0.25, -0.2) is 0 Å². The van der Waals surface area contributed by atoms with Gasteiger partial charge in [-0.1, -0.05) is 0 Å². The summed E-state index contributed by atoms with van der Waals surface area (Å²) >= 11 is 0. The molecular weight excluding hydrogens is 280 g/mol. The van der Waals surface area contributed by atoms with Crippen LogP contribution >= 0.6 is 0 Å². The van der Waals surface area contributed by atoms with Gasteiger partial charge in [0.15, 0.2) is 19.4 Å². The molecule has 0 fully saturated rings. The first-order valence-electron chi connectivity index (χ1n) is 6.21. The van der Waals surface area contributed by atoms with E-state index in [1.54, 1.807) is 6.07 Å². The van der Waals surface area contributed by atoms with E-state index in [-0.39, 0.29) is 43.5 Å². The van der Waals surface area contributed by atoms with Crippen LogP contribution in [0.2, 0.25) is 0 Å². The molecule has 1 aromatic carbocycles. The van der Waals surface area contributed by atoms with Gasteiger partial charge in [0.2, 0.25) is 0 Å². The summed E-state index contributed by atoms with van der Waals surface area (Å²) in [7, 11) is 2.95. The molecule has 0 aliphatic rings. The number of hydrogen-bond acceptors (Lipinski definition) is 6. The molecule has 0 aliphatic carbocycles. The number of carboxylic acids is 1. The number of benzene rings is 1. The average molecular weight is 298 g/mol. The van der Waals surface area contributed by atoms with Crippen molar-refractivity contribution in [2.24, 2.45) is 0 Å². The van der Waals surface area contributed by atoms with Crippen LogP contribution in [0.15, 0.2) is 18.2 Å². The maximum atomic E-state index is 12.0. The Kier molecular flexibility index (Phi) is 7.20. The van der Waals surface area contributed by atoms with E-state index < -0.39 is 5.97 Å². The number of hydrogen-bond donors (Lipinski definition) is 1. The predicted octanol–water partition coefficient (Wildman–Crippen LogP) is 1.70. The van der Waals surface area contributed by atoms with Crippen LogP contribution in [0.25, 0.3) is 0 Å². The summed E-state index contributed by atoms with van der Waals surface area (Å²) in [6.07, 6.45) is -0.332. The number of carboxylic acid groups (broad SMARTS) is 1. The second-order valence-corrected chi connectivity index (χ2v) is 4.08. The molecule has 116 valence electrons. The zero-order valence-corrected chi connectivity index (χ0v) is 12.0. The van der Waals surface area contributed by atoms with E-state index in [2.05, 4.69) is 0 Å². The van der Waals surface area contributed by atoms with E-state index in [0.717, 1.165) is 0 Å². The fourth-order valence-electron chi connectivity index (χ4n) is 1.55. The third-order valence-electron chi connectivity index (χ3n) is 2.50. The summed E-state index contributed by atoms with van der Waals surface area (Å²) in [5.74, 6) is -0.594.